The van der Waals surface area contributed by atoms with Gasteiger partial charge in [0.2, 0.25) is 0 Å². The third kappa shape index (κ3) is 2.76. The summed E-state index contributed by atoms with van der Waals surface area (Å²) in [5.41, 5.74) is 6.75. The molecule has 0 unspecified atom stereocenters. The van der Waals surface area contributed by atoms with E-state index in [1.54, 1.807) is 0 Å². The maximum absolute atomic E-state index is 5.56. The Balaban J connectivity index is 2.56. The lowest BCUT2D eigenvalue weighted by Crippen LogP contribution is -1.97. The van der Waals surface area contributed by atoms with E-state index < -0.39 is 0 Å². The average Bonchev–Trinajstić information content (AvgIpc) is 2.54. The largest absolute Gasteiger partial charge is 0.382 e. The highest BCUT2D eigenvalue weighted by atomic mass is 15.2. The number of aromatic amines is 1. The van der Waals surface area contributed by atoms with E-state index in [-0.39, 0.29) is 0 Å². The molecule has 1 aromatic rings. The van der Waals surface area contributed by atoms with E-state index in [1.165, 1.54) is 25.0 Å². The number of hydrogen-bond acceptors (Lipinski definition) is 2. The van der Waals surface area contributed by atoms with Gasteiger partial charge in [0.05, 0.1) is 0 Å². The first kappa shape index (κ1) is 10.1. The molecule has 0 aliphatic heterocycles. The first-order chi connectivity index (χ1) is 6.27. The van der Waals surface area contributed by atoms with Crippen LogP contribution in [0.4, 0.5) is 5.82 Å². The number of rotatable bonds is 5. The summed E-state index contributed by atoms with van der Waals surface area (Å²) in [5, 5.41) is 6.94. The van der Waals surface area contributed by atoms with Crippen molar-refractivity contribution >= 4 is 5.82 Å². The second-order valence-corrected chi connectivity index (χ2v) is 3.50. The Morgan fingerprint density at radius 3 is 2.77 bits per heavy atom. The highest BCUT2D eigenvalue weighted by Gasteiger charge is 2.10. The molecule has 3 N–H and O–H groups in total. The Morgan fingerprint density at radius 1 is 1.54 bits per heavy atom. The van der Waals surface area contributed by atoms with Gasteiger partial charge < -0.3 is 5.73 Å². The normalized spacial score (nSPS) is 13.1. The van der Waals surface area contributed by atoms with E-state index in [1.807, 2.05) is 6.07 Å². The first-order valence-corrected chi connectivity index (χ1v) is 5.08. The van der Waals surface area contributed by atoms with Gasteiger partial charge in [-0.25, -0.2) is 0 Å². The first-order valence-electron chi connectivity index (χ1n) is 5.08. The van der Waals surface area contributed by atoms with Crippen LogP contribution in [0.5, 0.6) is 0 Å². The summed E-state index contributed by atoms with van der Waals surface area (Å²) in [7, 11) is 0. The standard InChI is InChI=1S/C10H19N3/c1-3-5-6-8(4-2)9-7-10(11)13-12-9/h7-8H,3-6H2,1-2H3,(H3,11,12,13)/t8-/m1/s1. The molecule has 0 aliphatic rings. The van der Waals surface area contributed by atoms with Gasteiger partial charge in [-0.05, 0) is 12.8 Å². The lowest BCUT2D eigenvalue weighted by Gasteiger charge is -2.11. The van der Waals surface area contributed by atoms with E-state index in [0.717, 1.165) is 6.42 Å². The fraction of sp³-hybridized carbons (Fsp3) is 0.700. The molecule has 0 aromatic carbocycles. The fourth-order valence-electron chi connectivity index (χ4n) is 1.59. The molecular weight excluding hydrogens is 162 g/mol. The van der Waals surface area contributed by atoms with Crippen LogP contribution in [0, 0.1) is 0 Å². The predicted octanol–water partition coefficient (Wildman–Crippen LogP) is 2.68. The topological polar surface area (TPSA) is 54.7 Å². The van der Waals surface area contributed by atoms with E-state index in [9.17, 15) is 0 Å². The average molecular weight is 181 g/mol. The van der Waals surface area contributed by atoms with Crippen molar-refractivity contribution in [3.63, 3.8) is 0 Å². The van der Waals surface area contributed by atoms with Crippen LogP contribution in [0.15, 0.2) is 6.07 Å². The van der Waals surface area contributed by atoms with Crippen molar-refractivity contribution < 1.29 is 0 Å². The van der Waals surface area contributed by atoms with Crippen molar-refractivity contribution in [2.24, 2.45) is 0 Å². The van der Waals surface area contributed by atoms with E-state index >= 15 is 0 Å². The lowest BCUT2D eigenvalue weighted by atomic mass is 9.96. The van der Waals surface area contributed by atoms with Crippen molar-refractivity contribution in [1.29, 1.82) is 0 Å². The molecule has 13 heavy (non-hydrogen) atoms. The summed E-state index contributed by atoms with van der Waals surface area (Å²) >= 11 is 0. The van der Waals surface area contributed by atoms with E-state index in [4.69, 9.17) is 5.73 Å². The molecular formula is C10H19N3. The second-order valence-electron chi connectivity index (χ2n) is 3.50. The fourth-order valence-corrected chi connectivity index (χ4v) is 1.59. The van der Waals surface area contributed by atoms with Crippen LogP contribution in [0.2, 0.25) is 0 Å². The van der Waals surface area contributed by atoms with Crippen LogP contribution < -0.4 is 5.73 Å². The number of nitrogen functional groups attached to an aromatic ring is 1. The van der Waals surface area contributed by atoms with Crippen LogP contribution in [0.1, 0.15) is 51.1 Å². The molecule has 0 saturated carbocycles. The zero-order valence-electron chi connectivity index (χ0n) is 8.51. The quantitative estimate of drug-likeness (QED) is 0.733. The summed E-state index contributed by atoms with van der Waals surface area (Å²) in [6.45, 7) is 4.42. The van der Waals surface area contributed by atoms with Gasteiger partial charge in [-0.15, -0.1) is 0 Å². The number of nitrogens with two attached hydrogens (primary N) is 1. The Morgan fingerprint density at radius 2 is 2.31 bits per heavy atom. The van der Waals surface area contributed by atoms with Crippen molar-refractivity contribution in [1.82, 2.24) is 10.2 Å². The smallest absolute Gasteiger partial charge is 0.145 e. The van der Waals surface area contributed by atoms with Crippen LogP contribution in [-0.2, 0) is 0 Å². The maximum atomic E-state index is 5.56. The molecule has 0 spiro atoms. The van der Waals surface area contributed by atoms with Crippen LogP contribution in [-0.4, -0.2) is 10.2 Å². The second kappa shape index (κ2) is 4.90. The van der Waals surface area contributed by atoms with Crippen molar-refractivity contribution in [2.75, 3.05) is 5.73 Å². The highest BCUT2D eigenvalue weighted by molar-refractivity contribution is 5.30. The minimum absolute atomic E-state index is 0.602. The van der Waals surface area contributed by atoms with Gasteiger partial charge >= 0.3 is 0 Å². The van der Waals surface area contributed by atoms with Crippen molar-refractivity contribution in [3.05, 3.63) is 11.8 Å². The molecule has 0 radical (unpaired) electrons. The number of unbranched alkanes of at least 4 members (excludes halogenated alkanes) is 1. The van der Waals surface area contributed by atoms with Crippen molar-refractivity contribution in [2.45, 2.75) is 45.4 Å². The van der Waals surface area contributed by atoms with Gasteiger partial charge in [0.15, 0.2) is 0 Å². The zero-order chi connectivity index (χ0) is 9.68. The summed E-state index contributed by atoms with van der Waals surface area (Å²) in [4.78, 5) is 0. The predicted molar refractivity (Wildman–Crippen MR) is 55.6 cm³/mol. The Bertz CT molecular complexity index is 242. The van der Waals surface area contributed by atoms with Gasteiger partial charge in [-0.2, -0.15) is 5.10 Å². The Labute approximate surface area is 79.7 Å². The van der Waals surface area contributed by atoms with E-state index in [0.29, 0.717) is 11.7 Å². The Hall–Kier alpha value is -0.990. The molecule has 0 bridgehead atoms. The third-order valence-corrected chi connectivity index (χ3v) is 2.46. The van der Waals surface area contributed by atoms with E-state index in [2.05, 4.69) is 24.0 Å². The number of anilines is 1. The minimum Gasteiger partial charge on any atom is -0.382 e. The summed E-state index contributed by atoms with van der Waals surface area (Å²) < 4.78 is 0. The molecule has 1 aromatic heterocycles. The third-order valence-electron chi connectivity index (χ3n) is 2.46. The molecule has 0 saturated heterocycles. The molecule has 3 heteroatoms. The number of nitrogens with zero attached hydrogens (tertiary/aromatic N) is 1. The molecule has 1 heterocycles. The van der Waals surface area contributed by atoms with Gasteiger partial charge in [-0.1, -0.05) is 26.7 Å². The maximum Gasteiger partial charge on any atom is 0.145 e. The van der Waals surface area contributed by atoms with Crippen LogP contribution in [0.3, 0.4) is 0 Å². The van der Waals surface area contributed by atoms with Gasteiger partial charge in [-0.3, -0.25) is 5.10 Å². The van der Waals surface area contributed by atoms with Gasteiger partial charge in [0.1, 0.15) is 5.82 Å². The Kier molecular flexibility index (Phi) is 3.80. The molecule has 1 rings (SSSR count). The molecule has 3 nitrogen and oxygen atoms in total. The van der Waals surface area contributed by atoms with Crippen LogP contribution >= 0.6 is 0 Å². The molecule has 0 amide bonds. The minimum atomic E-state index is 0.602. The zero-order valence-corrected chi connectivity index (χ0v) is 8.51. The molecule has 0 fully saturated rings. The number of aromatic nitrogens is 2. The molecule has 1 atom stereocenters. The highest BCUT2D eigenvalue weighted by Crippen LogP contribution is 2.24. The number of H-pyrrole nitrogens is 1. The number of hydrogen-bond donors (Lipinski definition) is 2. The van der Waals surface area contributed by atoms with Gasteiger partial charge in [0.25, 0.3) is 0 Å². The van der Waals surface area contributed by atoms with Crippen LogP contribution in [0.25, 0.3) is 0 Å². The summed E-state index contributed by atoms with van der Waals surface area (Å²) in [6, 6.07) is 1.95. The molecule has 74 valence electrons. The summed E-state index contributed by atoms with van der Waals surface area (Å²) in [6.07, 6.45) is 4.91. The number of nitrogens with one attached hydrogen (secondary N) is 1. The van der Waals surface area contributed by atoms with Gasteiger partial charge in [0, 0.05) is 17.7 Å². The molecule has 0 aliphatic carbocycles. The SMILES string of the molecule is CCCC[C@@H](CC)c1cc(N)n[nH]1. The monoisotopic (exact) mass is 181 g/mol. The van der Waals surface area contributed by atoms with Crippen molar-refractivity contribution in [3.8, 4) is 0 Å². The summed E-state index contributed by atoms with van der Waals surface area (Å²) in [5.74, 6) is 1.20. The lowest BCUT2D eigenvalue weighted by molar-refractivity contribution is 0.556.